The molecule has 0 amide bonds. The van der Waals surface area contributed by atoms with Crippen LogP contribution < -0.4 is 5.73 Å². The molecule has 1 aromatic rings. The monoisotopic (exact) mass is 362 g/mol. The van der Waals surface area contributed by atoms with Gasteiger partial charge in [-0.3, -0.25) is 0 Å². The number of rotatable bonds is 3. The van der Waals surface area contributed by atoms with E-state index in [0.29, 0.717) is 6.04 Å². The topological polar surface area (TPSA) is 47.1 Å². The lowest BCUT2D eigenvalue weighted by atomic mass is 10.0. The summed E-state index contributed by atoms with van der Waals surface area (Å²) in [7, 11) is 0. The van der Waals surface area contributed by atoms with Crippen LogP contribution in [0.1, 0.15) is 38.4 Å². The fourth-order valence-electron chi connectivity index (χ4n) is 2.69. The molecule has 1 fully saturated rings. The first kappa shape index (κ1) is 14.1. The number of piperidine rings is 1. The normalized spacial score (nSPS) is 18.7. The van der Waals surface area contributed by atoms with Crippen LogP contribution in [-0.2, 0) is 0 Å². The van der Waals surface area contributed by atoms with Crippen molar-refractivity contribution in [1.82, 2.24) is 14.7 Å². The van der Waals surface area contributed by atoms with Gasteiger partial charge in [-0.1, -0.05) is 13.8 Å². The lowest BCUT2D eigenvalue weighted by molar-refractivity contribution is 0.165. The highest BCUT2D eigenvalue weighted by molar-refractivity contribution is 14.1. The summed E-state index contributed by atoms with van der Waals surface area (Å²) in [6.07, 6.45) is 2.32. The van der Waals surface area contributed by atoms with E-state index < -0.39 is 0 Å². The van der Waals surface area contributed by atoms with Crippen molar-refractivity contribution in [2.24, 2.45) is 5.92 Å². The maximum atomic E-state index is 6.13. The zero-order valence-corrected chi connectivity index (χ0v) is 13.6. The van der Waals surface area contributed by atoms with Crippen LogP contribution in [0.4, 0.5) is 5.82 Å². The Kier molecular flexibility index (Phi) is 4.53. The summed E-state index contributed by atoms with van der Waals surface area (Å²) in [5.74, 6) is 1.59. The van der Waals surface area contributed by atoms with E-state index in [-0.39, 0.29) is 0 Å². The summed E-state index contributed by atoms with van der Waals surface area (Å²) < 4.78 is 3.15. The minimum Gasteiger partial charge on any atom is -0.383 e. The molecule has 0 saturated carbocycles. The highest BCUT2D eigenvalue weighted by atomic mass is 127. The second-order valence-electron chi connectivity index (χ2n) is 5.65. The Labute approximate surface area is 123 Å². The summed E-state index contributed by atoms with van der Waals surface area (Å²) in [5, 5.41) is 4.59. The molecule has 0 bridgehead atoms. The molecule has 1 aliphatic rings. The fourth-order valence-corrected chi connectivity index (χ4v) is 3.04. The molecule has 0 unspecified atom stereocenters. The molecule has 0 radical (unpaired) electrons. The minimum atomic E-state index is 0.482. The molecule has 0 aromatic carbocycles. The van der Waals surface area contributed by atoms with Crippen LogP contribution in [0.15, 0.2) is 0 Å². The number of likely N-dealkylation sites (tertiary alicyclic amines) is 1. The first-order chi connectivity index (χ1) is 8.49. The molecule has 4 nitrogen and oxygen atoms in total. The number of aromatic nitrogens is 2. The quantitative estimate of drug-likeness (QED) is 0.841. The van der Waals surface area contributed by atoms with E-state index in [9.17, 15) is 0 Å². The van der Waals surface area contributed by atoms with Crippen LogP contribution in [0, 0.1) is 16.4 Å². The van der Waals surface area contributed by atoms with Crippen LogP contribution in [-0.4, -0.2) is 34.3 Å². The molecular formula is C13H23IN4. The predicted molar refractivity (Wildman–Crippen MR) is 83.6 cm³/mol. The van der Waals surface area contributed by atoms with Gasteiger partial charge < -0.3 is 10.6 Å². The molecule has 2 rings (SSSR count). The standard InChI is InChI=1S/C13H23IN4/c1-9(2)8-17-6-4-11(5-7-17)18-13(15)12(14)10(3)16-18/h9,11H,4-8,15H2,1-3H3. The number of nitrogen functional groups attached to an aromatic ring is 1. The highest BCUT2D eigenvalue weighted by Gasteiger charge is 2.24. The van der Waals surface area contributed by atoms with Crippen LogP contribution in [0.2, 0.25) is 0 Å². The van der Waals surface area contributed by atoms with Gasteiger partial charge in [-0.05, 0) is 48.3 Å². The van der Waals surface area contributed by atoms with Gasteiger partial charge in [0, 0.05) is 19.6 Å². The molecule has 1 saturated heterocycles. The van der Waals surface area contributed by atoms with Crippen LogP contribution in [0.5, 0.6) is 0 Å². The third-order valence-electron chi connectivity index (χ3n) is 3.57. The Morgan fingerprint density at radius 3 is 2.44 bits per heavy atom. The average Bonchev–Trinajstić information content (AvgIpc) is 2.57. The first-order valence-electron chi connectivity index (χ1n) is 6.71. The Balaban J connectivity index is 1.99. The van der Waals surface area contributed by atoms with Gasteiger partial charge in [0.05, 0.1) is 15.3 Å². The van der Waals surface area contributed by atoms with Crippen molar-refractivity contribution >= 4 is 28.4 Å². The van der Waals surface area contributed by atoms with Gasteiger partial charge >= 0.3 is 0 Å². The molecule has 0 atom stereocenters. The molecule has 18 heavy (non-hydrogen) atoms. The van der Waals surface area contributed by atoms with E-state index >= 15 is 0 Å². The Morgan fingerprint density at radius 1 is 1.39 bits per heavy atom. The van der Waals surface area contributed by atoms with Gasteiger partial charge in [0.1, 0.15) is 5.82 Å². The maximum Gasteiger partial charge on any atom is 0.135 e. The SMILES string of the molecule is Cc1nn(C2CCN(CC(C)C)CC2)c(N)c1I. The number of anilines is 1. The van der Waals surface area contributed by atoms with E-state index in [1.54, 1.807) is 0 Å². The Hall–Kier alpha value is -0.300. The average molecular weight is 362 g/mol. The second-order valence-corrected chi connectivity index (χ2v) is 6.73. The summed E-state index contributed by atoms with van der Waals surface area (Å²) in [4.78, 5) is 2.55. The molecule has 2 N–H and O–H groups in total. The first-order valence-corrected chi connectivity index (χ1v) is 7.79. The highest BCUT2D eigenvalue weighted by Crippen LogP contribution is 2.28. The Bertz CT molecular complexity index is 405. The van der Waals surface area contributed by atoms with E-state index in [2.05, 4.69) is 46.4 Å². The van der Waals surface area contributed by atoms with Gasteiger partial charge in [-0.2, -0.15) is 5.10 Å². The summed E-state index contributed by atoms with van der Waals surface area (Å²) >= 11 is 2.29. The molecule has 1 aliphatic heterocycles. The Morgan fingerprint density at radius 2 is 2.00 bits per heavy atom. The fraction of sp³-hybridized carbons (Fsp3) is 0.769. The smallest absolute Gasteiger partial charge is 0.135 e. The number of nitrogens with zero attached hydrogens (tertiary/aromatic N) is 3. The largest absolute Gasteiger partial charge is 0.383 e. The lowest BCUT2D eigenvalue weighted by Crippen LogP contribution is -2.37. The molecule has 0 aliphatic carbocycles. The number of hydrogen-bond acceptors (Lipinski definition) is 3. The van der Waals surface area contributed by atoms with E-state index in [1.807, 2.05) is 11.6 Å². The molecule has 5 heteroatoms. The summed E-state index contributed by atoms with van der Waals surface area (Å²) in [6.45, 7) is 10.1. The van der Waals surface area contributed by atoms with Crippen molar-refractivity contribution in [3.8, 4) is 0 Å². The van der Waals surface area contributed by atoms with Crippen molar-refractivity contribution in [3.63, 3.8) is 0 Å². The van der Waals surface area contributed by atoms with Crippen molar-refractivity contribution in [1.29, 1.82) is 0 Å². The van der Waals surface area contributed by atoms with E-state index in [0.717, 1.165) is 46.9 Å². The predicted octanol–water partition coefficient (Wildman–Crippen LogP) is 2.67. The van der Waals surface area contributed by atoms with Crippen LogP contribution in [0.25, 0.3) is 0 Å². The van der Waals surface area contributed by atoms with Crippen molar-refractivity contribution in [2.45, 2.75) is 39.7 Å². The zero-order valence-electron chi connectivity index (χ0n) is 11.5. The van der Waals surface area contributed by atoms with Gasteiger partial charge in [-0.15, -0.1) is 0 Å². The van der Waals surface area contributed by atoms with Crippen LogP contribution >= 0.6 is 22.6 Å². The van der Waals surface area contributed by atoms with E-state index in [1.165, 1.54) is 6.54 Å². The molecule has 1 aromatic heterocycles. The summed E-state index contributed by atoms with van der Waals surface area (Å²) in [6, 6.07) is 0.482. The minimum absolute atomic E-state index is 0.482. The zero-order chi connectivity index (χ0) is 13.3. The van der Waals surface area contributed by atoms with Gasteiger partial charge in [0.2, 0.25) is 0 Å². The van der Waals surface area contributed by atoms with Gasteiger partial charge in [-0.25, -0.2) is 4.68 Å². The van der Waals surface area contributed by atoms with Crippen LogP contribution in [0.3, 0.4) is 0 Å². The molecule has 0 spiro atoms. The number of hydrogen-bond donors (Lipinski definition) is 1. The van der Waals surface area contributed by atoms with Crippen molar-refractivity contribution < 1.29 is 0 Å². The molecular weight excluding hydrogens is 339 g/mol. The molecule has 102 valence electrons. The third-order valence-corrected chi connectivity index (χ3v) is 4.91. The lowest BCUT2D eigenvalue weighted by Gasteiger charge is -2.33. The summed E-state index contributed by atoms with van der Waals surface area (Å²) in [5.41, 5.74) is 7.18. The molecule has 2 heterocycles. The number of nitrogens with two attached hydrogens (primary N) is 1. The van der Waals surface area contributed by atoms with E-state index in [4.69, 9.17) is 5.73 Å². The second kappa shape index (κ2) is 5.77. The maximum absolute atomic E-state index is 6.13. The van der Waals surface area contributed by atoms with Gasteiger partial charge in [0.15, 0.2) is 0 Å². The third kappa shape index (κ3) is 2.99. The van der Waals surface area contributed by atoms with Crippen molar-refractivity contribution in [3.05, 3.63) is 9.26 Å². The van der Waals surface area contributed by atoms with Gasteiger partial charge in [0.25, 0.3) is 0 Å². The number of halogens is 1. The number of aryl methyl sites for hydroxylation is 1. The van der Waals surface area contributed by atoms with Crippen molar-refractivity contribution in [2.75, 3.05) is 25.4 Å².